The Kier molecular flexibility index (Phi) is 6.95. The summed E-state index contributed by atoms with van der Waals surface area (Å²) < 4.78 is 36.2. The molecule has 0 aromatic carbocycles. The molecule has 1 aliphatic carbocycles. The Bertz CT molecular complexity index is 341. The van der Waals surface area contributed by atoms with Crippen molar-refractivity contribution in [1.82, 2.24) is 5.32 Å². The number of alkyl halides is 3. The molecule has 9 heteroatoms. The smallest absolute Gasteiger partial charge is 0.451 e. The molecule has 0 spiro atoms. The Morgan fingerprint density at radius 1 is 1.29 bits per heavy atom. The molecule has 5 nitrogen and oxygen atoms in total. The van der Waals surface area contributed by atoms with E-state index in [-0.39, 0.29) is 24.7 Å². The zero-order valence-electron chi connectivity index (χ0n) is 11.6. The van der Waals surface area contributed by atoms with Gasteiger partial charge in [-0.3, -0.25) is 4.79 Å². The van der Waals surface area contributed by atoms with Crippen molar-refractivity contribution in [2.75, 3.05) is 13.1 Å². The van der Waals surface area contributed by atoms with Crippen molar-refractivity contribution in [2.45, 2.75) is 38.2 Å². The van der Waals surface area contributed by atoms with Gasteiger partial charge >= 0.3 is 19.3 Å². The molecule has 0 heterocycles. The van der Waals surface area contributed by atoms with Crippen molar-refractivity contribution < 1.29 is 33.1 Å². The predicted molar refractivity (Wildman–Crippen MR) is 70.5 cm³/mol. The van der Waals surface area contributed by atoms with Crippen LogP contribution in [0.5, 0.6) is 0 Å². The first-order chi connectivity index (χ1) is 9.69. The summed E-state index contributed by atoms with van der Waals surface area (Å²) in [5.74, 6) is -1.92. The lowest BCUT2D eigenvalue weighted by atomic mass is 9.70. The lowest BCUT2D eigenvalue weighted by Crippen LogP contribution is -2.40. The fourth-order valence-corrected chi connectivity index (χ4v) is 2.91. The van der Waals surface area contributed by atoms with Crippen molar-refractivity contribution >= 4 is 13.1 Å². The second-order valence-corrected chi connectivity index (χ2v) is 5.69. The summed E-state index contributed by atoms with van der Waals surface area (Å²) in [6, 6.07) is 0. The van der Waals surface area contributed by atoms with Crippen LogP contribution < -0.4 is 5.32 Å². The van der Waals surface area contributed by atoms with Gasteiger partial charge in [0.1, 0.15) is 0 Å². The van der Waals surface area contributed by atoms with Crippen molar-refractivity contribution in [1.29, 1.82) is 0 Å². The molecular weight excluding hydrogens is 290 g/mol. The number of aliphatic carboxylic acids is 1. The van der Waals surface area contributed by atoms with Gasteiger partial charge in [-0.2, -0.15) is 13.2 Å². The maximum atomic E-state index is 12.1. The minimum absolute atomic E-state index is 0.0336. The molecule has 0 aliphatic heterocycles. The van der Waals surface area contributed by atoms with Gasteiger partial charge in [0, 0.05) is 0 Å². The Morgan fingerprint density at radius 3 is 2.48 bits per heavy atom. The maximum Gasteiger partial charge on any atom is 0.451 e. The number of rotatable bonds is 7. The molecule has 0 aromatic rings. The van der Waals surface area contributed by atoms with Gasteiger partial charge < -0.3 is 20.5 Å². The molecule has 0 saturated heterocycles. The van der Waals surface area contributed by atoms with E-state index in [1.165, 1.54) is 0 Å². The molecular formula is C12H21BF3NO4. The summed E-state index contributed by atoms with van der Waals surface area (Å²) >= 11 is 0. The molecule has 0 radical (unpaired) electrons. The highest BCUT2D eigenvalue weighted by molar-refractivity contribution is 6.40. The highest BCUT2D eigenvalue weighted by atomic mass is 19.4. The maximum absolute atomic E-state index is 12.1. The Hall–Kier alpha value is -0.795. The third kappa shape index (κ3) is 7.15. The lowest BCUT2D eigenvalue weighted by molar-refractivity contribution is -0.145. The van der Waals surface area contributed by atoms with Gasteiger partial charge in [-0.1, -0.05) is 12.8 Å². The van der Waals surface area contributed by atoms with Crippen LogP contribution in [-0.2, 0) is 4.79 Å². The highest BCUT2D eigenvalue weighted by Crippen LogP contribution is 2.36. The molecule has 1 rings (SSSR count). The first kappa shape index (κ1) is 18.3. The molecule has 1 aliphatic rings. The largest absolute Gasteiger partial charge is 0.481 e. The highest BCUT2D eigenvalue weighted by Gasteiger charge is 2.36. The average molecular weight is 311 g/mol. The summed E-state index contributed by atoms with van der Waals surface area (Å²) in [4.78, 5) is 11.3. The topological polar surface area (TPSA) is 89.8 Å². The van der Waals surface area contributed by atoms with Gasteiger partial charge in [0.2, 0.25) is 0 Å². The molecule has 122 valence electrons. The molecule has 1 fully saturated rings. The average Bonchev–Trinajstić information content (AvgIpc) is 2.35. The van der Waals surface area contributed by atoms with Crippen LogP contribution in [0.1, 0.15) is 25.7 Å². The standard InChI is InChI=1S/C12H21BF3NO4/c14-12(15,16)7-17-6-9-2-1-8(3-4-13(20)21)5-10(9)11(18)19/h8-10,17,20-21H,1-7H2,(H,18,19)/t8-,9-,10-/m0/s1. The monoisotopic (exact) mass is 311 g/mol. The molecule has 1 saturated carbocycles. The van der Waals surface area contributed by atoms with Gasteiger partial charge in [0.15, 0.2) is 0 Å². The van der Waals surface area contributed by atoms with Crippen LogP contribution in [0.2, 0.25) is 6.32 Å². The third-order valence-corrected chi connectivity index (χ3v) is 3.98. The zero-order valence-corrected chi connectivity index (χ0v) is 11.6. The van der Waals surface area contributed by atoms with E-state index in [0.717, 1.165) is 0 Å². The first-order valence-corrected chi connectivity index (χ1v) is 7.05. The number of carbonyl (C=O) groups is 1. The fourth-order valence-electron chi connectivity index (χ4n) is 2.91. The van der Waals surface area contributed by atoms with E-state index in [4.69, 9.17) is 10.0 Å². The van der Waals surface area contributed by atoms with E-state index in [1.807, 2.05) is 0 Å². The summed E-state index contributed by atoms with van der Waals surface area (Å²) in [7, 11) is -1.40. The number of hydrogen-bond donors (Lipinski definition) is 4. The summed E-state index contributed by atoms with van der Waals surface area (Å²) in [6.45, 7) is -1.08. The van der Waals surface area contributed by atoms with Crippen LogP contribution in [0.3, 0.4) is 0 Å². The van der Waals surface area contributed by atoms with Gasteiger partial charge in [-0.25, -0.2) is 0 Å². The normalized spacial score (nSPS) is 26.6. The Balaban J connectivity index is 2.45. The van der Waals surface area contributed by atoms with Crippen LogP contribution in [0.15, 0.2) is 0 Å². The number of carboxylic acid groups (broad SMARTS) is 1. The first-order valence-electron chi connectivity index (χ1n) is 7.05. The van der Waals surface area contributed by atoms with Crippen LogP contribution in [0.4, 0.5) is 13.2 Å². The predicted octanol–water partition coefficient (Wildman–Crippen LogP) is 1.12. The molecule has 21 heavy (non-hydrogen) atoms. The van der Waals surface area contributed by atoms with Gasteiger partial charge in [-0.05, 0) is 37.5 Å². The molecule has 3 atom stereocenters. The Labute approximate surface area is 121 Å². The van der Waals surface area contributed by atoms with Crippen molar-refractivity contribution in [3.05, 3.63) is 0 Å². The fraction of sp³-hybridized carbons (Fsp3) is 0.917. The second-order valence-electron chi connectivity index (χ2n) is 5.69. The van der Waals surface area contributed by atoms with E-state index in [9.17, 15) is 23.1 Å². The van der Waals surface area contributed by atoms with Crippen molar-refractivity contribution in [2.24, 2.45) is 17.8 Å². The quantitative estimate of drug-likeness (QED) is 0.529. The zero-order chi connectivity index (χ0) is 16.0. The summed E-state index contributed by atoms with van der Waals surface area (Å²) in [5.41, 5.74) is 0. The van der Waals surface area contributed by atoms with Gasteiger partial charge in [0.05, 0.1) is 12.5 Å². The molecule has 0 aromatic heterocycles. The number of nitrogens with one attached hydrogen (secondary N) is 1. The summed E-state index contributed by atoms with van der Waals surface area (Å²) in [5, 5.41) is 29.1. The molecule has 0 bridgehead atoms. The van der Waals surface area contributed by atoms with E-state index in [0.29, 0.717) is 25.7 Å². The Morgan fingerprint density at radius 2 is 1.95 bits per heavy atom. The van der Waals surface area contributed by atoms with Crippen molar-refractivity contribution in [3.8, 4) is 0 Å². The van der Waals surface area contributed by atoms with E-state index in [1.54, 1.807) is 0 Å². The molecule has 0 unspecified atom stereocenters. The van der Waals surface area contributed by atoms with Crippen LogP contribution in [-0.4, -0.2) is 47.5 Å². The van der Waals surface area contributed by atoms with Crippen LogP contribution in [0, 0.1) is 17.8 Å². The van der Waals surface area contributed by atoms with E-state index < -0.39 is 31.7 Å². The van der Waals surface area contributed by atoms with E-state index in [2.05, 4.69) is 5.32 Å². The van der Waals surface area contributed by atoms with Crippen LogP contribution >= 0.6 is 0 Å². The minimum Gasteiger partial charge on any atom is -0.481 e. The number of carboxylic acids is 1. The van der Waals surface area contributed by atoms with Gasteiger partial charge in [-0.15, -0.1) is 0 Å². The second kappa shape index (κ2) is 8.00. The third-order valence-electron chi connectivity index (χ3n) is 3.98. The number of hydrogen-bond acceptors (Lipinski definition) is 4. The van der Waals surface area contributed by atoms with Gasteiger partial charge in [0.25, 0.3) is 0 Å². The SMILES string of the molecule is O=C(O)[C@H]1C[C@H](CCB(O)O)CC[C@H]1CNCC(F)(F)F. The van der Waals surface area contributed by atoms with Crippen LogP contribution in [0.25, 0.3) is 0 Å². The number of halogens is 3. The minimum atomic E-state index is -4.30. The molecule has 4 N–H and O–H groups in total. The lowest BCUT2D eigenvalue weighted by Gasteiger charge is -2.34. The van der Waals surface area contributed by atoms with Crippen molar-refractivity contribution in [3.63, 3.8) is 0 Å². The van der Waals surface area contributed by atoms with E-state index >= 15 is 0 Å². The molecule has 0 amide bonds. The summed E-state index contributed by atoms with van der Waals surface area (Å²) in [6.07, 6.45) is -1.98.